The van der Waals surface area contributed by atoms with E-state index in [1.165, 1.54) is 21.9 Å². The third-order valence-corrected chi connectivity index (χ3v) is 4.04. The minimum atomic E-state index is 0.144. The van der Waals surface area contributed by atoms with E-state index in [0.717, 1.165) is 12.8 Å². The van der Waals surface area contributed by atoms with Gasteiger partial charge in [-0.3, -0.25) is 0 Å². The average molecular weight is 251 g/mol. The van der Waals surface area contributed by atoms with Crippen LogP contribution >= 0.6 is 0 Å². The van der Waals surface area contributed by atoms with Gasteiger partial charge in [0.25, 0.3) is 0 Å². The first-order chi connectivity index (χ1) is 9.11. The largest absolute Gasteiger partial charge is 0.304 e. The predicted octanol–water partition coefficient (Wildman–Crippen LogP) is 4.38. The van der Waals surface area contributed by atoms with Crippen molar-refractivity contribution in [2.75, 3.05) is 0 Å². The highest BCUT2D eigenvalue weighted by Crippen LogP contribution is 2.36. The van der Waals surface area contributed by atoms with Gasteiger partial charge >= 0.3 is 0 Å². The molecule has 0 amide bonds. The van der Waals surface area contributed by atoms with Crippen LogP contribution in [0.3, 0.4) is 0 Å². The van der Waals surface area contributed by atoms with Gasteiger partial charge in [0.1, 0.15) is 0 Å². The molecule has 1 heteroatoms. The summed E-state index contributed by atoms with van der Waals surface area (Å²) in [5.74, 6) is 0. The molecule has 0 saturated heterocycles. The van der Waals surface area contributed by atoms with Crippen LogP contribution in [-0.2, 0) is 6.42 Å². The Labute approximate surface area is 115 Å². The van der Waals surface area contributed by atoms with Crippen molar-refractivity contribution in [2.24, 2.45) is 0 Å². The molecular weight excluding hydrogens is 230 g/mol. The second kappa shape index (κ2) is 4.50. The molecule has 0 aromatic heterocycles. The number of benzene rings is 2. The van der Waals surface area contributed by atoms with Crippen molar-refractivity contribution in [3.8, 4) is 0 Å². The zero-order chi connectivity index (χ0) is 13.5. The smallest absolute Gasteiger partial charge is 0.0362 e. The zero-order valence-electron chi connectivity index (χ0n) is 11.7. The molecule has 98 valence electrons. The van der Waals surface area contributed by atoms with E-state index in [1.54, 1.807) is 0 Å². The van der Waals surface area contributed by atoms with E-state index in [4.69, 9.17) is 0 Å². The van der Waals surface area contributed by atoms with Gasteiger partial charge in [-0.15, -0.1) is 6.58 Å². The summed E-state index contributed by atoms with van der Waals surface area (Å²) < 4.78 is 0. The van der Waals surface area contributed by atoms with E-state index in [0.29, 0.717) is 6.04 Å². The van der Waals surface area contributed by atoms with Gasteiger partial charge in [-0.2, -0.15) is 0 Å². The number of fused-ring (bicyclic) bond motifs is 3. The summed E-state index contributed by atoms with van der Waals surface area (Å²) in [6.07, 6.45) is 4.07. The van der Waals surface area contributed by atoms with Gasteiger partial charge in [-0.05, 0) is 48.6 Å². The van der Waals surface area contributed by atoms with Crippen LogP contribution in [-0.4, -0.2) is 5.54 Å². The molecule has 1 aliphatic rings. The topological polar surface area (TPSA) is 12.0 Å². The Morgan fingerprint density at radius 3 is 2.84 bits per heavy atom. The van der Waals surface area contributed by atoms with Crippen LogP contribution in [0.15, 0.2) is 49.1 Å². The van der Waals surface area contributed by atoms with Gasteiger partial charge in [-0.1, -0.05) is 42.5 Å². The van der Waals surface area contributed by atoms with Crippen molar-refractivity contribution < 1.29 is 0 Å². The lowest BCUT2D eigenvalue weighted by Crippen LogP contribution is -2.47. The quantitative estimate of drug-likeness (QED) is 0.781. The zero-order valence-corrected chi connectivity index (χ0v) is 11.7. The number of hydrogen-bond acceptors (Lipinski definition) is 1. The van der Waals surface area contributed by atoms with Crippen LogP contribution in [0.5, 0.6) is 0 Å². The van der Waals surface area contributed by atoms with Crippen LogP contribution in [0.2, 0.25) is 0 Å². The number of rotatable bonds is 2. The van der Waals surface area contributed by atoms with Crippen LogP contribution in [0.25, 0.3) is 10.8 Å². The molecule has 2 aromatic rings. The van der Waals surface area contributed by atoms with Crippen molar-refractivity contribution >= 4 is 10.8 Å². The van der Waals surface area contributed by atoms with Crippen molar-refractivity contribution in [3.05, 3.63) is 60.2 Å². The summed E-state index contributed by atoms with van der Waals surface area (Å²) in [5, 5.41) is 6.49. The molecular formula is C18H21N. The fraction of sp³-hybridized carbons (Fsp3) is 0.333. The lowest BCUT2D eigenvalue weighted by Gasteiger charge is -2.39. The summed E-state index contributed by atoms with van der Waals surface area (Å²) >= 11 is 0. The molecule has 1 N–H and O–H groups in total. The maximum Gasteiger partial charge on any atom is 0.0362 e. The van der Waals surface area contributed by atoms with E-state index >= 15 is 0 Å². The first kappa shape index (κ1) is 12.4. The highest BCUT2D eigenvalue weighted by Gasteiger charge is 2.31. The summed E-state index contributed by atoms with van der Waals surface area (Å²) in [4.78, 5) is 0. The summed E-state index contributed by atoms with van der Waals surface area (Å²) in [6, 6.07) is 13.6. The Bertz CT molecular complexity index is 625. The molecule has 1 heterocycles. The first-order valence-electron chi connectivity index (χ1n) is 7.00. The first-order valence-corrected chi connectivity index (χ1v) is 7.00. The molecule has 0 aliphatic carbocycles. The molecule has 0 unspecified atom stereocenters. The highest BCUT2D eigenvalue weighted by molar-refractivity contribution is 5.87. The lowest BCUT2D eigenvalue weighted by molar-refractivity contribution is 0.312. The van der Waals surface area contributed by atoms with Crippen LogP contribution in [0, 0.1) is 0 Å². The van der Waals surface area contributed by atoms with Gasteiger partial charge in [0.05, 0.1) is 0 Å². The van der Waals surface area contributed by atoms with Crippen molar-refractivity contribution in [2.45, 2.75) is 38.3 Å². The van der Waals surface area contributed by atoms with Crippen LogP contribution in [0.4, 0.5) is 0 Å². The predicted molar refractivity (Wildman–Crippen MR) is 82.4 cm³/mol. The van der Waals surface area contributed by atoms with Crippen molar-refractivity contribution in [3.63, 3.8) is 0 Å². The van der Waals surface area contributed by atoms with E-state index < -0.39 is 0 Å². The molecule has 1 atom stereocenters. The Kier molecular flexibility index (Phi) is 2.94. The van der Waals surface area contributed by atoms with Gasteiger partial charge in [0.2, 0.25) is 0 Å². The molecule has 0 spiro atoms. The van der Waals surface area contributed by atoms with E-state index in [-0.39, 0.29) is 5.54 Å². The highest BCUT2D eigenvalue weighted by atomic mass is 15.0. The lowest BCUT2D eigenvalue weighted by atomic mass is 9.80. The van der Waals surface area contributed by atoms with Crippen molar-refractivity contribution in [1.29, 1.82) is 0 Å². The Morgan fingerprint density at radius 1 is 1.26 bits per heavy atom. The van der Waals surface area contributed by atoms with Crippen LogP contribution < -0.4 is 5.32 Å². The van der Waals surface area contributed by atoms with Gasteiger partial charge in [-0.25, -0.2) is 0 Å². The third-order valence-electron chi connectivity index (χ3n) is 4.04. The summed E-state index contributed by atoms with van der Waals surface area (Å²) in [6.45, 7) is 8.47. The Hall–Kier alpha value is -1.60. The second-order valence-corrected chi connectivity index (χ2v) is 6.14. The molecule has 19 heavy (non-hydrogen) atoms. The van der Waals surface area contributed by atoms with Gasteiger partial charge in [0.15, 0.2) is 0 Å². The normalized spacial score (nSPS) is 21.1. The average Bonchev–Trinajstić information content (AvgIpc) is 2.38. The molecule has 3 rings (SSSR count). The Morgan fingerprint density at radius 2 is 2.05 bits per heavy atom. The van der Waals surface area contributed by atoms with E-state index in [1.807, 2.05) is 6.08 Å². The molecule has 1 nitrogen and oxygen atoms in total. The summed E-state index contributed by atoms with van der Waals surface area (Å²) in [5.41, 5.74) is 3.09. The molecule has 0 radical (unpaired) electrons. The van der Waals surface area contributed by atoms with E-state index in [9.17, 15) is 0 Å². The molecule has 1 aliphatic heterocycles. The maximum atomic E-state index is 3.90. The minimum Gasteiger partial charge on any atom is -0.304 e. The fourth-order valence-corrected chi connectivity index (χ4v) is 3.27. The Balaban J connectivity index is 2.22. The second-order valence-electron chi connectivity index (χ2n) is 6.14. The standard InChI is InChI=1S/C18H21N/c1-4-7-17-15-11-10-13-8-5-6-9-14(13)16(15)12-18(2,3)19-17/h4-6,8-11,17,19H,1,7,12H2,2-3H3/t17-/m1/s1. The SMILES string of the molecule is C=CC[C@H]1NC(C)(C)Cc2c1ccc1ccccc21. The third kappa shape index (κ3) is 2.19. The molecule has 2 aromatic carbocycles. The molecule has 0 fully saturated rings. The maximum absolute atomic E-state index is 3.90. The van der Waals surface area contributed by atoms with Gasteiger partial charge < -0.3 is 5.32 Å². The van der Waals surface area contributed by atoms with E-state index in [2.05, 4.69) is 62.1 Å². The summed E-state index contributed by atoms with van der Waals surface area (Å²) in [7, 11) is 0. The molecule has 0 saturated carbocycles. The number of nitrogens with one attached hydrogen (secondary N) is 1. The number of hydrogen-bond donors (Lipinski definition) is 1. The monoisotopic (exact) mass is 251 g/mol. The fourth-order valence-electron chi connectivity index (χ4n) is 3.27. The van der Waals surface area contributed by atoms with Gasteiger partial charge in [0, 0.05) is 11.6 Å². The molecule has 0 bridgehead atoms. The van der Waals surface area contributed by atoms with Crippen LogP contribution in [0.1, 0.15) is 37.4 Å². The minimum absolute atomic E-state index is 0.144. The van der Waals surface area contributed by atoms with Crippen molar-refractivity contribution in [1.82, 2.24) is 5.32 Å².